The molecule has 0 aliphatic rings. The van der Waals surface area contributed by atoms with Crippen LogP contribution in [0.25, 0.3) is 0 Å². The standard InChI is InChI=1S/C16H29N3O/c1-4-6-8-11-16(3,12-9-7-5-2)19-13-10-14(17)18-15(19)20/h10,13H,4-9,11-12H2,1-3H3,(H2,17,18,20). The average Bonchev–Trinajstić information content (AvgIpc) is 2.39. The molecule has 0 aliphatic heterocycles. The first kappa shape index (κ1) is 16.7. The maximum absolute atomic E-state index is 12.1. The maximum atomic E-state index is 12.1. The molecule has 0 aromatic carbocycles. The molecule has 114 valence electrons. The summed E-state index contributed by atoms with van der Waals surface area (Å²) in [5, 5.41) is 0. The average molecular weight is 279 g/mol. The molecule has 0 amide bonds. The van der Waals surface area contributed by atoms with Crippen molar-refractivity contribution in [2.24, 2.45) is 0 Å². The molecule has 0 fully saturated rings. The smallest absolute Gasteiger partial charge is 0.349 e. The number of hydrogen-bond donors (Lipinski definition) is 1. The Hall–Kier alpha value is -1.32. The van der Waals surface area contributed by atoms with Gasteiger partial charge in [-0.2, -0.15) is 4.98 Å². The summed E-state index contributed by atoms with van der Waals surface area (Å²) in [6.45, 7) is 6.58. The SMILES string of the molecule is CCCCCC(C)(CCCCC)n1ccc(N)nc1=O. The summed E-state index contributed by atoms with van der Waals surface area (Å²) < 4.78 is 1.79. The van der Waals surface area contributed by atoms with Crippen LogP contribution in [0.5, 0.6) is 0 Å². The molecule has 20 heavy (non-hydrogen) atoms. The van der Waals surface area contributed by atoms with Crippen LogP contribution in [0.15, 0.2) is 17.1 Å². The van der Waals surface area contributed by atoms with Crippen LogP contribution >= 0.6 is 0 Å². The molecule has 0 atom stereocenters. The van der Waals surface area contributed by atoms with Crippen LogP contribution in [0.2, 0.25) is 0 Å². The number of nitrogens with zero attached hydrogens (tertiary/aromatic N) is 2. The highest BCUT2D eigenvalue weighted by atomic mass is 16.1. The summed E-state index contributed by atoms with van der Waals surface area (Å²) >= 11 is 0. The van der Waals surface area contributed by atoms with Gasteiger partial charge in [0.25, 0.3) is 0 Å². The summed E-state index contributed by atoms with van der Waals surface area (Å²) in [5.41, 5.74) is 5.23. The normalized spacial score (nSPS) is 11.8. The van der Waals surface area contributed by atoms with Gasteiger partial charge in [-0.15, -0.1) is 0 Å². The van der Waals surface area contributed by atoms with E-state index in [-0.39, 0.29) is 11.2 Å². The fourth-order valence-corrected chi connectivity index (χ4v) is 2.70. The number of aromatic nitrogens is 2. The van der Waals surface area contributed by atoms with Gasteiger partial charge in [0.2, 0.25) is 0 Å². The van der Waals surface area contributed by atoms with E-state index in [0.29, 0.717) is 5.82 Å². The van der Waals surface area contributed by atoms with E-state index in [1.807, 2.05) is 6.20 Å². The monoisotopic (exact) mass is 279 g/mol. The van der Waals surface area contributed by atoms with Crippen molar-refractivity contribution in [3.8, 4) is 0 Å². The molecule has 4 nitrogen and oxygen atoms in total. The van der Waals surface area contributed by atoms with Crippen molar-refractivity contribution >= 4 is 5.82 Å². The lowest BCUT2D eigenvalue weighted by Crippen LogP contribution is -2.39. The summed E-state index contributed by atoms with van der Waals surface area (Å²) in [5.74, 6) is 0.302. The molecule has 0 saturated heterocycles. The Labute approximate surface area is 122 Å². The van der Waals surface area contributed by atoms with Crippen LogP contribution in [0.4, 0.5) is 5.82 Å². The molecule has 0 spiro atoms. The molecule has 0 aliphatic carbocycles. The van der Waals surface area contributed by atoms with Gasteiger partial charge in [0.15, 0.2) is 0 Å². The molecule has 4 heteroatoms. The van der Waals surface area contributed by atoms with E-state index in [0.717, 1.165) is 25.7 Å². The van der Waals surface area contributed by atoms with E-state index in [9.17, 15) is 4.79 Å². The molecule has 1 aromatic heterocycles. The molecule has 1 aromatic rings. The fourth-order valence-electron chi connectivity index (χ4n) is 2.70. The second-order valence-corrected chi connectivity index (χ2v) is 5.92. The van der Waals surface area contributed by atoms with Crippen molar-refractivity contribution in [1.82, 2.24) is 9.55 Å². The van der Waals surface area contributed by atoms with Crippen molar-refractivity contribution < 1.29 is 0 Å². The lowest BCUT2D eigenvalue weighted by molar-refractivity contribution is 0.242. The zero-order valence-electron chi connectivity index (χ0n) is 13.2. The first-order chi connectivity index (χ1) is 9.53. The number of unbranched alkanes of at least 4 members (excludes halogenated alkanes) is 4. The van der Waals surface area contributed by atoms with E-state index >= 15 is 0 Å². The molecule has 1 rings (SSSR count). The molecular formula is C16H29N3O. The highest BCUT2D eigenvalue weighted by molar-refractivity contribution is 5.23. The molecule has 2 N–H and O–H groups in total. The predicted octanol–water partition coefficient (Wildman–Crippen LogP) is 3.70. The number of nitrogen functional groups attached to an aromatic ring is 1. The second kappa shape index (κ2) is 8.08. The summed E-state index contributed by atoms with van der Waals surface area (Å²) in [4.78, 5) is 16.0. The number of rotatable bonds is 9. The van der Waals surface area contributed by atoms with Crippen LogP contribution in [-0.4, -0.2) is 9.55 Å². The molecule has 0 saturated carbocycles. The first-order valence-corrected chi connectivity index (χ1v) is 7.89. The van der Waals surface area contributed by atoms with Gasteiger partial charge in [-0.3, -0.25) is 4.57 Å². The number of nitrogens with two attached hydrogens (primary N) is 1. The molecule has 0 radical (unpaired) electrons. The third-order valence-corrected chi connectivity index (χ3v) is 4.04. The molecular weight excluding hydrogens is 250 g/mol. The van der Waals surface area contributed by atoms with Gasteiger partial charge in [0.05, 0.1) is 0 Å². The van der Waals surface area contributed by atoms with Crippen LogP contribution in [0.3, 0.4) is 0 Å². The number of hydrogen-bond acceptors (Lipinski definition) is 3. The second-order valence-electron chi connectivity index (χ2n) is 5.92. The third kappa shape index (κ3) is 4.66. The van der Waals surface area contributed by atoms with Crippen molar-refractivity contribution in [1.29, 1.82) is 0 Å². The van der Waals surface area contributed by atoms with Crippen LogP contribution in [0, 0.1) is 0 Å². The summed E-state index contributed by atoms with van der Waals surface area (Å²) in [6.07, 6.45) is 11.0. The third-order valence-electron chi connectivity index (χ3n) is 4.04. The summed E-state index contributed by atoms with van der Waals surface area (Å²) in [7, 11) is 0. The topological polar surface area (TPSA) is 60.9 Å². The van der Waals surface area contributed by atoms with Gasteiger partial charge >= 0.3 is 5.69 Å². The van der Waals surface area contributed by atoms with Gasteiger partial charge in [-0.25, -0.2) is 4.79 Å². The van der Waals surface area contributed by atoms with Gasteiger partial charge in [0, 0.05) is 11.7 Å². The predicted molar refractivity (Wildman–Crippen MR) is 84.8 cm³/mol. The largest absolute Gasteiger partial charge is 0.383 e. The van der Waals surface area contributed by atoms with Crippen molar-refractivity contribution in [2.75, 3.05) is 5.73 Å². The van der Waals surface area contributed by atoms with Crippen LogP contribution in [-0.2, 0) is 5.54 Å². The van der Waals surface area contributed by atoms with Gasteiger partial charge < -0.3 is 5.73 Å². The molecule has 0 bridgehead atoms. The lowest BCUT2D eigenvalue weighted by Gasteiger charge is -2.32. The van der Waals surface area contributed by atoms with E-state index in [1.165, 1.54) is 25.7 Å². The van der Waals surface area contributed by atoms with Crippen LogP contribution < -0.4 is 11.4 Å². The van der Waals surface area contributed by atoms with Crippen LogP contribution in [0.1, 0.15) is 72.1 Å². The Balaban J connectivity index is 2.92. The van der Waals surface area contributed by atoms with Gasteiger partial charge in [0.1, 0.15) is 5.82 Å². The van der Waals surface area contributed by atoms with E-state index in [2.05, 4.69) is 25.8 Å². The highest BCUT2D eigenvalue weighted by Crippen LogP contribution is 2.28. The van der Waals surface area contributed by atoms with E-state index in [4.69, 9.17) is 5.73 Å². The van der Waals surface area contributed by atoms with E-state index in [1.54, 1.807) is 10.6 Å². The van der Waals surface area contributed by atoms with Gasteiger partial charge in [-0.1, -0.05) is 52.4 Å². The first-order valence-electron chi connectivity index (χ1n) is 7.89. The molecule has 1 heterocycles. The zero-order chi connectivity index (χ0) is 15.0. The lowest BCUT2D eigenvalue weighted by atomic mass is 9.88. The van der Waals surface area contributed by atoms with Crippen molar-refractivity contribution in [3.05, 3.63) is 22.7 Å². The Morgan fingerprint density at radius 2 is 1.70 bits per heavy atom. The Kier molecular flexibility index (Phi) is 6.76. The molecule has 0 unspecified atom stereocenters. The zero-order valence-corrected chi connectivity index (χ0v) is 13.2. The van der Waals surface area contributed by atoms with Gasteiger partial charge in [-0.05, 0) is 25.8 Å². The van der Waals surface area contributed by atoms with Crippen molar-refractivity contribution in [3.63, 3.8) is 0 Å². The number of anilines is 1. The summed E-state index contributed by atoms with van der Waals surface area (Å²) in [6, 6.07) is 1.72. The maximum Gasteiger partial charge on any atom is 0.349 e. The minimum atomic E-state index is -0.222. The highest BCUT2D eigenvalue weighted by Gasteiger charge is 2.26. The quantitative estimate of drug-likeness (QED) is 0.701. The Bertz CT molecular complexity index is 443. The Morgan fingerprint density at radius 3 is 2.15 bits per heavy atom. The Morgan fingerprint density at radius 1 is 1.15 bits per heavy atom. The minimum Gasteiger partial charge on any atom is -0.383 e. The van der Waals surface area contributed by atoms with Crippen molar-refractivity contribution in [2.45, 2.75) is 77.7 Å². The van der Waals surface area contributed by atoms with E-state index < -0.39 is 0 Å². The minimum absolute atomic E-state index is 0.137. The fraction of sp³-hybridized carbons (Fsp3) is 0.750.